The van der Waals surface area contributed by atoms with Gasteiger partial charge >= 0.3 is 12.1 Å². The van der Waals surface area contributed by atoms with Gasteiger partial charge in [0.1, 0.15) is 5.69 Å². The second kappa shape index (κ2) is 5.37. The molecule has 0 saturated heterocycles. The lowest BCUT2D eigenvalue weighted by molar-refractivity contribution is -0.142. The predicted molar refractivity (Wildman–Crippen MR) is 52.7 cm³/mol. The van der Waals surface area contributed by atoms with E-state index < -0.39 is 47.4 Å². The van der Waals surface area contributed by atoms with Crippen molar-refractivity contribution in [3.8, 4) is 0 Å². The van der Waals surface area contributed by atoms with Crippen molar-refractivity contribution < 1.29 is 31.5 Å². The molecule has 0 aromatic carbocycles. The van der Waals surface area contributed by atoms with Crippen LogP contribution in [-0.4, -0.2) is 18.1 Å². The summed E-state index contributed by atoms with van der Waals surface area (Å²) < 4.78 is 66.7. The fourth-order valence-electron chi connectivity index (χ4n) is 1.39. The summed E-state index contributed by atoms with van der Waals surface area (Å²) >= 11 is 0. The van der Waals surface area contributed by atoms with Gasteiger partial charge in [0.15, 0.2) is 0 Å². The van der Waals surface area contributed by atoms with Gasteiger partial charge in [-0.2, -0.15) is 13.2 Å². The molecule has 0 bridgehead atoms. The van der Waals surface area contributed by atoms with Crippen molar-refractivity contribution in [2.75, 3.05) is 7.11 Å². The number of hydrogen-bond donors (Lipinski definition) is 1. The monoisotopic (exact) mass is 285 g/mol. The highest BCUT2D eigenvalue weighted by Gasteiger charge is 2.34. The molecule has 0 fully saturated rings. The van der Waals surface area contributed by atoms with Crippen molar-refractivity contribution in [1.29, 1.82) is 0 Å². The molecule has 1 aromatic heterocycles. The molecule has 0 aliphatic carbocycles. The molecule has 4 nitrogen and oxygen atoms in total. The van der Waals surface area contributed by atoms with Crippen molar-refractivity contribution in [3.63, 3.8) is 0 Å². The van der Waals surface area contributed by atoms with Gasteiger partial charge in [-0.3, -0.25) is 9.59 Å². The zero-order valence-electron chi connectivity index (χ0n) is 9.48. The van der Waals surface area contributed by atoms with E-state index in [0.717, 1.165) is 7.11 Å². The fraction of sp³-hybridized carbons (Fsp3) is 0.400. The Hall–Kier alpha value is -1.93. The van der Waals surface area contributed by atoms with E-state index in [1.54, 1.807) is 0 Å². The SMILES string of the molecule is COC(=O)Cc1cc(C(F)(F)F)[nH]c(=O)c1C(F)F. The van der Waals surface area contributed by atoms with Crippen LogP contribution in [0, 0.1) is 0 Å². The number of methoxy groups -OCH3 is 1. The Kier molecular flexibility index (Phi) is 4.28. The van der Waals surface area contributed by atoms with Crippen molar-refractivity contribution >= 4 is 5.97 Å². The van der Waals surface area contributed by atoms with Gasteiger partial charge in [0.2, 0.25) is 0 Å². The number of ether oxygens (including phenoxy) is 1. The highest BCUT2D eigenvalue weighted by Crippen LogP contribution is 2.29. The maximum absolute atomic E-state index is 12.6. The highest BCUT2D eigenvalue weighted by molar-refractivity contribution is 5.72. The molecular weight excluding hydrogens is 277 g/mol. The third-order valence-corrected chi connectivity index (χ3v) is 2.24. The van der Waals surface area contributed by atoms with E-state index in [1.165, 1.54) is 4.98 Å². The highest BCUT2D eigenvalue weighted by atomic mass is 19.4. The smallest absolute Gasteiger partial charge is 0.431 e. The van der Waals surface area contributed by atoms with Crippen LogP contribution in [-0.2, 0) is 22.1 Å². The molecule has 1 aromatic rings. The first-order chi connectivity index (χ1) is 8.66. The lowest BCUT2D eigenvalue weighted by atomic mass is 10.1. The maximum Gasteiger partial charge on any atom is 0.431 e. The van der Waals surface area contributed by atoms with E-state index in [1.807, 2.05) is 0 Å². The normalized spacial score (nSPS) is 11.7. The Balaban J connectivity index is 3.42. The minimum absolute atomic E-state index is 0.305. The number of nitrogens with one attached hydrogen (secondary N) is 1. The zero-order chi connectivity index (χ0) is 14.8. The Morgan fingerprint density at radius 2 is 2.00 bits per heavy atom. The maximum atomic E-state index is 12.6. The van der Waals surface area contributed by atoms with Gasteiger partial charge in [-0.05, 0) is 11.6 Å². The first kappa shape index (κ1) is 15.1. The number of carbonyl (C=O) groups excluding carboxylic acids is 1. The fourth-order valence-corrected chi connectivity index (χ4v) is 1.39. The van der Waals surface area contributed by atoms with Crippen LogP contribution in [0.2, 0.25) is 0 Å². The van der Waals surface area contributed by atoms with Gasteiger partial charge in [0.25, 0.3) is 12.0 Å². The van der Waals surface area contributed by atoms with Crippen LogP contribution in [0.5, 0.6) is 0 Å². The lowest BCUT2D eigenvalue weighted by Crippen LogP contribution is -2.23. The number of pyridine rings is 1. The average Bonchev–Trinajstić information content (AvgIpc) is 2.26. The van der Waals surface area contributed by atoms with Crippen LogP contribution >= 0.6 is 0 Å². The summed E-state index contributed by atoms with van der Waals surface area (Å²) in [7, 11) is 0.947. The van der Waals surface area contributed by atoms with Crippen molar-refractivity contribution in [2.24, 2.45) is 0 Å². The number of H-pyrrole nitrogens is 1. The molecule has 0 saturated carbocycles. The summed E-state index contributed by atoms with van der Waals surface area (Å²) in [5, 5.41) is 0. The minimum atomic E-state index is -4.91. The van der Waals surface area contributed by atoms with E-state index >= 15 is 0 Å². The third kappa shape index (κ3) is 3.52. The molecule has 0 spiro atoms. The van der Waals surface area contributed by atoms with Crippen LogP contribution < -0.4 is 5.56 Å². The molecule has 9 heteroatoms. The molecule has 1 heterocycles. The molecule has 0 amide bonds. The molecule has 0 radical (unpaired) electrons. The molecule has 0 atom stereocenters. The second-order valence-electron chi connectivity index (χ2n) is 3.50. The van der Waals surface area contributed by atoms with E-state index in [0.29, 0.717) is 6.07 Å². The summed E-state index contributed by atoms with van der Waals surface area (Å²) in [5.41, 5.74) is -4.96. The Morgan fingerprint density at radius 3 is 2.42 bits per heavy atom. The quantitative estimate of drug-likeness (QED) is 0.683. The van der Waals surface area contributed by atoms with Crippen LogP contribution in [0.3, 0.4) is 0 Å². The third-order valence-electron chi connectivity index (χ3n) is 2.24. The largest absolute Gasteiger partial charge is 0.469 e. The molecule has 1 rings (SSSR count). The summed E-state index contributed by atoms with van der Waals surface area (Å²) in [6, 6.07) is 0.305. The lowest BCUT2D eigenvalue weighted by Gasteiger charge is -2.11. The Morgan fingerprint density at radius 1 is 1.42 bits per heavy atom. The van der Waals surface area contributed by atoms with Crippen LogP contribution in [0.15, 0.2) is 10.9 Å². The van der Waals surface area contributed by atoms with E-state index in [4.69, 9.17) is 0 Å². The summed E-state index contributed by atoms with van der Waals surface area (Å²) in [4.78, 5) is 23.5. The number of carbonyl (C=O) groups is 1. The molecule has 106 valence electrons. The van der Waals surface area contributed by atoms with Crippen molar-refractivity contribution in [3.05, 3.63) is 33.2 Å². The molecule has 1 N–H and O–H groups in total. The van der Waals surface area contributed by atoms with Crippen LogP contribution in [0.4, 0.5) is 22.0 Å². The van der Waals surface area contributed by atoms with Crippen molar-refractivity contribution in [2.45, 2.75) is 19.0 Å². The topological polar surface area (TPSA) is 59.2 Å². The summed E-state index contributed by atoms with van der Waals surface area (Å²) in [6.07, 6.45) is -9.06. The van der Waals surface area contributed by atoms with Crippen LogP contribution in [0.25, 0.3) is 0 Å². The van der Waals surface area contributed by atoms with Gasteiger partial charge < -0.3 is 9.72 Å². The number of aromatic amines is 1. The van der Waals surface area contributed by atoms with Gasteiger partial charge in [-0.1, -0.05) is 0 Å². The number of hydrogen-bond acceptors (Lipinski definition) is 3. The molecular formula is C10H8F5NO3. The van der Waals surface area contributed by atoms with Crippen LogP contribution in [0.1, 0.15) is 23.2 Å². The zero-order valence-corrected chi connectivity index (χ0v) is 9.48. The first-order valence-electron chi connectivity index (χ1n) is 4.85. The molecule has 0 aliphatic heterocycles. The Bertz CT molecular complexity index is 535. The van der Waals surface area contributed by atoms with E-state index in [9.17, 15) is 31.5 Å². The average molecular weight is 285 g/mol. The number of aromatic nitrogens is 1. The first-order valence-corrected chi connectivity index (χ1v) is 4.85. The van der Waals surface area contributed by atoms with E-state index in [2.05, 4.69) is 4.74 Å². The second-order valence-corrected chi connectivity index (χ2v) is 3.50. The standard InChI is InChI=1S/C10H8F5NO3/c1-19-6(17)3-4-2-5(10(13,14)15)16-9(18)7(4)8(11)12/h2,8H,3H2,1H3,(H,16,18). The molecule has 19 heavy (non-hydrogen) atoms. The number of rotatable bonds is 3. The Labute approximate surface area is 103 Å². The van der Waals surface area contributed by atoms with Crippen molar-refractivity contribution in [1.82, 2.24) is 4.98 Å². The minimum Gasteiger partial charge on any atom is -0.469 e. The van der Waals surface area contributed by atoms with Gasteiger partial charge in [0, 0.05) is 0 Å². The summed E-state index contributed by atoms with van der Waals surface area (Å²) in [5.74, 6) is -1.03. The summed E-state index contributed by atoms with van der Waals surface area (Å²) in [6.45, 7) is 0. The number of alkyl halides is 5. The van der Waals surface area contributed by atoms with E-state index in [-0.39, 0.29) is 0 Å². The number of halogens is 5. The van der Waals surface area contributed by atoms with Gasteiger partial charge in [-0.25, -0.2) is 8.78 Å². The van der Waals surface area contributed by atoms with Gasteiger partial charge in [0.05, 0.1) is 19.1 Å². The van der Waals surface area contributed by atoms with Gasteiger partial charge in [-0.15, -0.1) is 0 Å². The predicted octanol–water partition coefficient (Wildman–Crippen LogP) is 2.05. The molecule has 0 aliphatic rings. The molecule has 0 unspecified atom stereocenters. The number of esters is 1.